The van der Waals surface area contributed by atoms with Crippen LogP contribution >= 0.6 is 15.9 Å². The van der Waals surface area contributed by atoms with Crippen LogP contribution in [0.1, 0.15) is 16.7 Å². The van der Waals surface area contributed by atoms with Gasteiger partial charge in [0.05, 0.1) is 0 Å². The van der Waals surface area contributed by atoms with Crippen molar-refractivity contribution in [2.45, 2.75) is 19.9 Å². The lowest BCUT2D eigenvalue weighted by Gasteiger charge is -2.08. The summed E-state index contributed by atoms with van der Waals surface area (Å²) in [6.07, 6.45) is 0.962. The summed E-state index contributed by atoms with van der Waals surface area (Å²) >= 11 is 3.58. The van der Waals surface area contributed by atoms with Crippen molar-refractivity contribution in [1.29, 1.82) is 0 Å². The van der Waals surface area contributed by atoms with Crippen LogP contribution in [0.5, 0.6) is 5.75 Å². The van der Waals surface area contributed by atoms with Crippen molar-refractivity contribution in [2.24, 2.45) is 0 Å². The van der Waals surface area contributed by atoms with Gasteiger partial charge in [0.15, 0.2) is 0 Å². The minimum absolute atomic E-state index is 0.320. The molecule has 2 N–H and O–H groups in total. The van der Waals surface area contributed by atoms with E-state index < -0.39 is 0 Å². The number of benzene rings is 2. The first-order valence-electron chi connectivity index (χ1n) is 6.39. The van der Waals surface area contributed by atoms with Gasteiger partial charge < -0.3 is 10.4 Å². The maximum atomic E-state index is 9.21. The van der Waals surface area contributed by atoms with Crippen LogP contribution in [0, 0.1) is 6.92 Å². The topological polar surface area (TPSA) is 32.3 Å². The zero-order chi connectivity index (χ0) is 13.7. The van der Waals surface area contributed by atoms with Gasteiger partial charge in [-0.3, -0.25) is 0 Å². The smallest absolute Gasteiger partial charge is 0.115 e. The van der Waals surface area contributed by atoms with Gasteiger partial charge in [-0.2, -0.15) is 0 Å². The van der Waals surface area contributed by atoms with Crippen LogP contribution in [0.3, 0.4) is 0 Å². The summed E-state index contributed by atoms with van der Waals surface area (Å²) in [6, 6.07) is 13.8. The van der Waals surface area contributed by atoms with Crippen molar-refractivity contribution in [1.82, 2.24) is 5.32 Å². The zero-order valence-electron chi connectivity index (χ0n) is 11.0. The van der Waals surface area contributed by atoms with E-state index in [1.54, 1.807) is 12.1 Å². The van der Waals surface area contributed by atoms with Crippen molar-refractivity contribution in [2.75, 3.05) is 6.54 Å². The van der Waals surface area contributed by atoms with Gasteiger partial charge in [-0.1, -0.05) is 40.2 Å². The fourth-order valence-electron chi connectivity index (χ4n) is 1.91. The van der Waals surface area contributed by atoms with Crippen LogP contribution in [0.15, 0.2) is 46.9 Å². The lowest BCUT2D eigenvalue weighted by atomic mass is 10.1. The quantitative estimate of drug-likeness (QED) is 0.822. The molecule has 19 heavy (non-hydrogen) atoms. The molecule has 0 aromatic heterocycles. The summed E-state index contributed by atoms with van der Waals surface area (Å²) in [5, 5.41) is 12.6. The van der Waals surface area contributed by atoms with Crippen LogP contribution < -0.4 is 5.32 Å². The maximum Gasteiger partial charge on any atom is 0.115 e. The van der Waals surface area contributed by atoms with Crippen LogP contribution in [0.4, 0.5) is 0 Å². The molecule has 2 nitrogen and oxygen atoms in total. The van der Waals surface area contributed by atoms with E-state index >= 15 is 0 Å². The second kappa shape index (κ2) is 6.73. The predicted octanol–water partition coefficient (Wildman–Crippen LogP) is 3.80. The number of aryl methyl sites for hydroxylation is 1. The molecule has 2 rings (SSSR count). The summed E-state index contributed by atoms with van der Waals surface area (Å²) in [5.74, 6) is 0.320. The van der Waals surface area contributed by atoms with E-state index in [9.17, 15) is 5.11 Å². The highest BCUT2D eigenvalue weighted by Gasteiger charge is 1.99. The van der Waals surface area contributed by atoms with Crippen molar-refractivity contribution in [3.63, 3.8) is 0 Å². The number of aromatic hydroxyl groups is 1. The van der Waals surface area contributed by atoms with E-state index in [0.29, 0.717) is 5.75 Å². The third-order valence-electron chi connectivity index (χ3n) is 3.05. The van der Waals surface area contributed by atoms with Crippen molar-refractivity contribution in [3.8, 4) is 5.75 Å². The standard InChI is InChI=1S/C16H18BrNO/c1-12-2-5-14(16(17)10-12)11-18-9-8-13-3-6-15(19)7-4-13/h2-7,10,18-19H,8-9,11H2,1H3. The number of halogens is 1. The van der Waals surface area contributed by atoms with Gasteiger partial charge in [0.25, 0.3) is 0 Å². The van der Waals surface area contributed by atoms with Gasteiger partial charge in [0.2, 0.25) is 0 Å². The molecule has 0 saturated carbocycles. The first kappa shape index (κ1) is 14.1. The van der Waals surface area contributed by atoms with Gasteiger partial charge in [-0.15, -0.1) is 0 Å². The Morgan fingerprint density at radius 3 is 2.53 bits per heavy atom. The number of nitrogens with one attached hydrogen (secondary N) is 1. The molecule has 0 aliphatic carbocycles. The monoisotopic (exact) mass is 319 g/mol. The summed E-state index contributed by atoms with van der Waals surface area (Å²) in [4.78, 5) is 0. The normalized spacial score (nSPS) is 10.6. The van der Waals surface area contributed by atoms with Crippen LogP contribution in [-0.4, -0.2) is 11.7 Å². The molecule has 0 heterocycles. The number of hydrogen-bond donors (Lipinski definition) is 2. The molecule has 0 fully saturated rings. The molecule has 0 radical (unpaired) electrons. The van der Waals surface area contributed by atoms with Gasteiger partial charge in [0.1, 0.15) is 5.75 Å². The molecule has 0 unspecified atom stereocenters. The zero-order valence-corrected chi connectivity index (χ0v) is 12.6. The summed E-state index contributed by atoms with van der Waals surface area (Å²) in [7, 11) is 0. The molecule has 3 heteroatoms. The lowest BCUT2D eigenvalue weighted by molar-refractivity contribution is 0.475. The van der Waals surface area contributed by atoms with Crippen molar-refractivity contribution < 1.29 is 5.11 Å². The number of hydrogen-bond acceptors (Lipinski definition) is 2. The highest BCUT2D eigenvalue weighted by Crippen LogP contribution is 2.18. The molecule has 2 aromatic carbocycles. The second-order valence-corrected chi connectivity index (χ2v) is 5.54. The highest BCUT2D eigenvalue weighted by molar-refractivity contribution is 9.10. The Kier molecular flexibility index (Phi) is 5.00. The number of rotatable bonds is 5. The highest BCUT2D eigenvalue weighted by atomic mass is 79.9. The molecule has 0 aliphatic heterocycles. The van der Waals surface area contributed by atoms with Crippen LogP contribution in [-0.2, 0) is 13.0 Å². The maximum absolute atomic E-state index is 9.21. The van der Waals surface area contributed by atoms with Gasteiger partial charge in [-0.25, -0.2) is 0 Å². The van der Waals surface area contributed by atoms with E-state index in [1.165, 1.54) is 16.7 Å². The Morgan fingerprint density at radius 2 is 1.84 bits per heavy atom. The lowest BCUT2D eigenvalue weighted by Crippen LogP contribution is -2.16. The third-order valence-corrected chi connectivity index (χ3v) is 3.79. The average Bonchev–Trinajstić information content (AvgIpc) is 2.39. The van der Waals surface area contributed by atoms with Crippen LogP contribution in [0.2, 0.25) is 0 Å². The van der Waals surface area contributed by atoms with Crippen molar-refractivity contribution >= 4 is 15.9 Å². The van der Waals surface area contributed by atoms with Gasteiger partial charge in [-0.05, 0) is 54.8 Å². The van der Waals surface area contributed by atoms with E-state index in [2.05, 4.69) is 46.4 Å². The molecule has 0 amide bonds. The Balaban J connectivity index is 1.79. The average molecular weight is 320 g/mol. The van der Waals surface area contributed by atoms with E-state index in [0.717, 1.165) is 24.0 Å². The summed E-state index contributed by atoms with van der Waals surface area (Å²) in [5.41, 5.74) is 3.77. The minimum atomic E-state index is 0.320. The third kappa shape index (κ3) is 4.37. The Morgan fingerprint density at radius 1 is 1.11 bits per heavy atom. The SMILES string of the molecule is Cc1ccc(CNCCc2ccc(O)cc2)c(Br)c1. The van der Waals surface area contributed by atoms with Crippen LogP contribution in [0.25, 0.3) is 0 Å². The molecule has 0 spiro atoms. The van der Waals surface area contributed by atoms with Crippen molar-refractivity contribution in [3.05, 3.63) is 63.6 Å². The van der Waals surface area contributed by atoms with E-state index in [-0.39, 0.29) is 0 Å². The second-order valence-electron chi connectivity index (χ2n) is 4.69. The Bertz CT molecular complexity index is 537. The molecule has 0 bridgehead atoms. The summed E-state index contributed by atoms with van der Waals surface area (Å²) < 4.78 is 1.16. The largest absolute Gasteiger partial charge is 0.508 e. The van der Waals surface area contributed by atoms with E-state index in [4.69, 9.17) is 0 Å². The Labute approximate surface area is 122 Å². The van der Waals surface area contributed by atoms with Gasteiger partial charge in [0, 0.05) is 11.0 Å². The molecule has 0 atom stereocenters. The molecule has 0 aliphatic rings. The first-order chi connectivity index (χ1) is 9.15. The molecular weight excluding hydrogens is 302 g/mol. The fraction of sp³-hybridized carbons (Fsp3) is 0.250. The minimum Gasteiger partial charge on any atom is -0.508 e. The molecule has 100 valence electrons. The number of phenols is 1. The fourth-order valence-corrected chi connectivity index (χ4v) is 2.55. The first-order valence-corrected chi connectivity index (χ1v) is 7.18. The van der Waals surface area contributed by atoms with Gasteiger partial charge >= 0.3 is 0 Å². The van der Waals surface area contributed by atoms with E-state index in [1.807, 2.05) is 12.1 Å². The predicted molar refractivity (Wildman–Crippen MR) is 82.4 cm³/mol. The number of phenolic OH excluding ortho intramolecular Hbond substituents is 1. The molecule has 0 saturated heterocycles. The molecular formula is C16H18BrNO. The summed E-state index contributed by atoms with van der Waals surface area (Å²) in [6.45, 7) is 3.87. The molecule has 2 aromatic rings. The Hall–Kier alpha value is -1.32.